The van der Waals surface area contributed by atoms with Crippen molar-refractivity contribution in [2.75, 3.05) is 24.7 Å². The van der Waals surface area contributed by atoms with E-state index in [4.69, 9.17) is 9.26 Å². The molecule has 9 nitrogen and oxygen atoms in total. The zero-order valence-corrected chi connectivity index (χ0v) is 20.4. The van der Waals surface area contributed by atoms with Crippen molar-refractivity contribution in [3.63, 3.8) is 0 Å². The van der Waals surface area contributed by atoms with E-state index in [2.05, 4.69) is 26.1 Å². The number of sulfonamides is 1. The lowest BCUT2D eigenvalue weighted by Gasteiger charge is -2.21. The zero-order chi connectivity index (χ0) is 23.5. The summed E-state index contributed by atoms with van der Waals surface area (Å²) in [6.45, 7) is 1.77. The molecule has 2 aromatic carbocycles. The van der Waals surface area contributed by atoms with Crippen molar-refractivity contribution < 1.29 is 22.5 Å². The third-order valence-corrected chi connectivity index (χ3v) is 6.36. The molecule has 11 heteroatoms. The predicted molar refractivity (Wildman–Crippen MR) is 124 cm³/mol. The van der Waals surface area contributed by atoms with Crippen LogP contribution in [0.3, 0.4) is 0 Å². The Morgan fingerprint density at radius 2 is 1.88 bits per heavy atom. The zero-order valence-electron chi connectivity index (χ0n) is 18.0. The predicted octanol–water partition coefficient (Wildman–Crippen LogP) is 3.32. The molecule has 1 heterocycles. The van der Waals surface area contributed by atoms with Crippen LogP contribution in [0.15, 0.2) is 57.5 Å². The number of aromatic nitrogens is 2. The highest BCUT2D eigenvalue weighted by atomic mass is 79.9. The van der Waals surface area contributed by atoms with Crippen molar-refractivity contribution in [2.24, 2.45) is 0 Å². The molecule has 0 spiro atoms. The fourth-order valence-corrected chi connectivity index (χ4v) is 3.74. The molecule has 3 aromatic rings. The quantitative estimate of drug-likeness (QED) is 0.446. The van der Waals surface area contributed by atoms with Gasteiger partial charge in [0, 0.05) is 24.1 Å². The summed E-state index contributed by atoms with van der Waals surface area (Å²) in [5.74, 6) is 0.908. The van der Waals surface area contributed by atoms with Crippen LogP contribution in [-0.2, 0) is 21.4 Å². The average molecular weight is 523 g/mol. The smallest absolute Gasteiger partial charge is 0.263 e. The molecule has 1 aromatic heterocycles. The summed E-state index contributed by atoms with van der Waals surface area (Å²) in [4.78, 5) is 18.5. The number of carbonyl (C=O) groups is 1. The Bertz CT molecular complexity index is 1200. The molecule has 0 bridgehead atoms. The molecule has 3 rings (SSSR count). The van der Waals surface area contributed by atoms with E-state index in [1.807, 2.05) is 24.3 Å². The molecular weight excluding hydrogens is 500 g/mol. The first-order valence-electron chi connectivity index (χ1n) is 9.58. The summed E-state index contributed by atoms with van der Waals surface area (Å²) >= 11 is 3.41. The van der Waals surface area contributed by atoms with Gasteiger partial charge < -0.3 is 14.2 Å². The van der Waals surface area contributed by atoms with E-state index in [1.54, 1.807) is 38.2 Å². The van der Waals surface area contributed by atoms with Crippen molar-refractivity contribution in [2.45, 2.75) is 19.6 Å². The number of ether oxygens (including phenoxy) is 1. The van der Waals surface area contributed by atoms with Crippen molar-refractivity contribution >= 4 is 37.5 Å². The Balaban J connectivity index is 1.60. The van der Waals surface area contributed by atoms with Gasteiger partial charge in [0.2, 0.25) is 21.7 Å². The van der Waals surface area contributed by atoms with E-state index in [1.165, 1.54) is 11.9 Å². The van der Waals surface area contributed by atoms with E-state index in [-0.39, 0.29) is 12.5 Å². The molecular formula is C21H23BrN4O5S. The lowest BCUT2D eigenvalue weighted by atomic mass is 10.2. The third kappa shape index (κ3) is 5.86. The van der Waals surface area contributed by atoms with Gasteiger partial charge in [-0.25, -0.2) is 8.42 Å². The van der Waals surface area contributed by atoms with Crippen molar-refractivity contribution in [3.8, 4) is 17.1 Å². The molecule has 1 unspecified atom stereocenters. The Hall–Kier alpha value is -2.92. The first-order chi connectivity index (χ1) is 15.0. The summed E-state index contributed by atoms with van der Waals surface area (Å²) in [5.41, 5.74) is 1.29. The van der Waals surface area contributed by atoms with Crippen LogP contribution in [0.1, 0.15) is 12.8 Å². The highest BCUT2D eigenvalue weighted by Crippen LogP contribution is 2.22. The Labute approximate surface area is 195 Å². The summed E-state index contributed by atoms with van der Waals surface area (Å²) < 4.78 is 36.3. The monoisotopic (exact) mass is 522 g/mol. The maximum absolute atomic E-state index is 12.7. The highest BCUT2D eigenvalue weighted by Gasteiger charge is 2.22. The molecule has 1 atom stereocenters. The lowest BCUT2D eigenvalue weighted by molar-refractivity contribution is -0.137. The first-order valence-corrected chi connectivity index (χ1v) is 12.2. The number of benzene rings is 2. The minimum absolute atomic E-state index is 0.131. The summed E-state index contributed by atoms with van der Waals surface area (Å²) in [6.07, 6.45) is 0.352. The molecule has 0 saturated heterocycles. The van der Waals surface area contributed by atoms with Crippen molar-refractivity contribution in [1.29, 1.82) is 0 Å². The summed E-state index contributed by atoms with van der Waals surface area (Å²) in [5, 5.41) is 3.97. The lowest BCUT2D eigenvalue weighted by Crippen LogP contribution is -2.37. The second-order valence-electron chi connectivity index (χ2n) is 7.20. The van der Waals surface area contributed by atoms with Crippen LogP contribution in [0.25, 0.3) is 11.4 Å². The second kappa shape index (κ2) is 9.70. The molecule has 1 amide bonds. The molecule has 0 aliphatic carbocycles. The molecule has 170 valence electrons. The first kappa shape index (κ1) is 23.7. The molecule has 0 N–H and O–H groups in total. The van der Waals surface area contributed by atoms with E-state index >= 15 is 0 Å². The third-order valence-electron chi connectivity index (χ3n) is 4.66. The van der Waals surface area contributed by atoms with Crippen LogP contribution >= 0.6 is 15.9 Å². The molecule has 32 heavy (non-hydrogen) atoms. The molecule has 0 aliphatic heterocycles. The summed E-state index contributed by atoms with van der Waals surface area (Å²) in [6, 6.07) is 14.0. The number of hydrogen-bond acceptors (Lipinski definition) is 7. The van der Waals surface area contributed by atoms with Gasteiger partial charge in [0.05, 0.1) is 18.5 Å². The van der Waals surface area contributed by atoms with E-state index in [0.29, 0.717) is 23.2 Å². The number of hydrogen-bond donors (Lipinski definition) is 0. The van der Waals surface area contributed by atoms with Crippen LogP contribution in [-0.4, -0.2) is 55.8 Å². The van der Waals surface area contributed by atoms with Crippen molar-refractivity contribution in [3.05, 3.63) is 58.9 Å². The van der Waals surface area contributed by atoms with Gasteiger partial charge in [-0.1, -0.05) is 33.2 Å². The molecule has 0 saturated carbocycles. The van der Waals surface area contributed by atoms with Gasteiger partial charge in [0.15, 0.2) is 6.10 Å². The Morgan fingerprint density at radius 1 is 1.19 bits per heavy atom. The van der Waals surface area contributed by atoms with Crippen LogP contribution in [0.2, 0.25) is 0 Å². The fraction of sp³-hybridized carbons (Fsp3) is 0.286. The van der Waals surface area contributed by atoms with Gasteiger partial charge in [0.1, 0.15) is 5.75 Å². The molecule has 0 radical (unpaired) electrons. The Kier molecular flexibility index (Phi) is 7.19. The minimum atomic E-state index is -3.36. The number of rotatable bonds is 8. The largest absolute Gasteiger partial charge is 0.481 e. The standard InChI is InChI=1S/C21H23BrN4O5S/c1-14(30-18-10-8-17(9-11-18)26(3)32(4,28)29)21(27)25(2)13-19-23-20(24-31-19)15-6-5-7-16(22)12-15/h5-12,14H,13H2,1-4H3. The van der Waals surface area contributed by atoms with Gasteiger partial charge in [0.25, 0.3) is 5.91 Å². The van der Waals surface area contributed by atoms with Gasteiger partial charge in [-0.15, -0.1) is 0 Å². The summed E-state index contributed by atoms with van der Waals surface area (Å²) in [7, 11) is -0.270. The topological polar surface area (TPSA) is 106 Å². The van der Waals surface area contributed by atoms with Crippen LogP contribution < -0.4 is 9.04 Å². The fourth-order valence-electron chi connectivity index (χ4n) is 2.84. The number of halogens is 1. The Morgan fingerprint density at radius 3 is 2.50 bits per heavy atom. The van der Waals surface area contributed by atoms with Crippen LogP contribution in [0, 0.1) is 0 Å². The van der Waals surface area contributed by atoms with Gasteiger partial charge in [-0.2, -0.15) is 4.98 Å². The number of carbonyl (C=O) groups excluding carboxylic acids is 1. The van der Waals surface area contributed by atoms with E-state index in [0.717, 1.165) is 20.6 Å². The maximum atomic E-state index is 12.7. The number of anilines is 1. The van der Waals surface area contributed by atoms with Crippen LogP contribution in [0.4, 0.5) is 5.69 Å². The number of nitrogens with zero attached hydrogens (tertiary/aromatic N) is 4. The van der Waals surface area contributed by atoms with E-state index < -0.39 is 16.1 Å². The maximum Gasteiger partial charge on any atom is 0.263 e. The average Bonchev–Trinajstić information content (AvgIpc) is 3.21. The van der Waals surface area contributed by atoms with E-state index in [9.17, 15) is 13.2 Å². The van der Waals surface area contributed by atoms with Gasteiger partial charge in [-0.05, 0) is 43.3 Å². The van der Waals surface area contributed by atoms with Crippen LogP contribution in [0.5, 0.6) is 5.75 Å². The van der Waals surface area contributed by atoms with Gasteiger partial charge in [-0.3, -0.25) is 9.10 Å². The number of likely N-dealkylation sites (N-methyl/N-ethyl adjacent to an activating group) is 1. The molecule has 0 fully saturated rings. The highest BCUT2D eigenvalue weighted by molar-refractivity contribution is 9.10. The normalized spacial score (nSPS) is 12.3. The second-order valence-corrected chi connectivity index (χ2v) is 10.1. The minimum Gasteiger partial charge on any atom is -0.481 e. The molecule has 0 aliphatic rings. The van der Waals surface area contributed by atoms with Crippen molar-refractivity contribution in [1.82, 2.24) is 15.0 Å². The van der Waals surface area contributed by atoms with Gasteiger partial charge >= 0.3 is 0 Å². The SMILES string of the molecule is CC(Oc1ccc(N(C)S(C)(=O)=O)cc1)C(=O)N(C)Cc1nc(-c2cccc(Br)c2)no1. The number of amides is 1.